The van der Waals surface area contributed by atoms with Crippen molar-refractivity contribution in [1.82, 2.24) is 18.7 Å². The van der Waals surface area contributed by atoms with E-state index in [1.165, 1.54) is 11.6 Å². The number of rotatable bonds is 1. The van der Waals surface area contributed by atoms with Crippen LogP contribution < -0.4 is 16.1 Å². The summed E-state index contributed by atoms with van der Waals surface area (Å²) in [6, 6.07) is 0. The molecule has 1 fully saturated rings. The summed E-state index contributed by atoms with van der Waals surface area (Å²) in [4.78, 5) is 31.1. The third kappa shape index (κ3) is 2.06. The van der Waals surface area contributed by atoms with E-state index in [9.17, 15) is 9.59 Å². The summed E-state index contributed by atoms with van der Waals surface area (Å²) in [5, 5.41) is 0. The van der Waals surface area contributed by atoms with Crippen LogP contribution in [0.1, 0.15) is 13.8 Å². The number of hydrogen-bond acceptors (Lipinski definition) is 5. The molecule has 0 N–H and O–H groups in total. The fourth-order valence-corrected chi connectivity index (χ4v) is 3.13. The monoisotopic (exact) mass is 307 g/mol. The van der Waals surface area contributed by atoms with Crippen LogP contribution in [0, 0.1) is 0 Å². The molecule has 8 nitrogen and oxygen atoms in total. The molecule has 2 unspecified atom stereocenters. The van der Waals surface area contributed by atoms with Crippen molar-refractivity contribution >= 4 is 17.1 Å². The van der Waals surface area contributed by atoms with Crippen LogP contribution in [0.2, 0.25) is 0 Å². The second-order valence-electron chi connectivity index (χ2n) is 6.01. The van der Waals surface area contributed by atoms with Gasteiger partial charge >= 0.3 is 5.69 Å². The van der Waals surface area contributed by atoms with E-state index in [2.05, 4.69) is 9.88 Å². The van der Waals surface area contributed by atoms with Crippen molar-refractivity contribution in [1.29, 1.82) is 0 Å². The molecule has 3 rings (SSSR count). The Kier molecular flexibility index (Phi) is 3.36. The zero-order valence-electron chi connectivity index (χ0n) is 13.5. The number of nitrogens with zero attached hydrogens (tertiary/aromatic N) is 5. The fourth-order valence-electron chi connectivity index (χ4n) is 3.13. The van der Waals surface area contributed by atoms with E-state index in [0.717, 1.165) is 4.57 Å². The summed E-state index contributed by atoms with van der Waals surface area (Å²) in [5.74, 6) is 0.690. The molecule has 1 aliphatic rings. The van der Waals surface area contributed by atoms with Gasteiger partial charge in [-0.3, -0.25) is 13.9 Å². The second kappa shape index (κ2) is 4.98. The number of ether oxygens (including phenoxy) is 1. The molecule has 1 saturated heterocycles. The molecule has 2 aromatic rings. The van der Waals surface area contributed by atoms with Gasteiger partial charge in [0.25, 0.3) is 5.56 Å². The molecule has 0 aromatic carbocycles. The number of anilines is 1. The summed E-state index contributed by atoms with van der Waals surface area (Å²) in [5.41, 5.74) is 0.156. The highest BCUT2D eigenvalue weighted by atomic mass is 16.5. The first-order valence-corrected chi connectivity index (χ1v) is 7.34. The van der Waals surface area contributed by atoms with Gasteiger partial charge in [0.15, 0.2) is 11.2 Å². The lowest BCUT2D eigenvalue weighted by molar-refractivity contribution is -0.00583. The molecule has 0 saturated carbocycles. The van der Waals surface area contributed by atoms with Gasteiger partial charge in [-0.05, 0) is 13.8 Å². The molecule has 2 atom stereocenters. The topological polar surface area (TPSA) is 74.3 Å². The summed E-state index contributed by atoms with van der Waals surface area (Å²) < 4.78 is 10.0. The van der Waals surface area contributed by atoms with Crippen molar-refractivity contribution in [2.45, 2.75) is 26.1 Å². The Bertz CT molecular complexity index is 837. The van der Waals surface area contributed by atoms with Crippen molar-refractivity contribution < 1.29 is 4.74 Å². The maximum absolute atomic E-state index is 12.4. The maximum atomic E-state index is 12.4. The predicted octanol–water partition coefficient (Wildman–Crippen LogP) is -0.416. The minimum Gasteiger partial charge on any atom is -0.372 e. The van der Waals surface area contributed by atoms with Crippen LogP contribution >= 0.6 is 0 Å². The molecule has 1 aliphatic heterocycles. The molecule has 2 aromatic heterocycles. The van der Waals surface area contributed by atoms with Gasteiger partial charge in [-0.25, -0.2) is 4.79 Å². The average molecular weight is 307 g/mol. The van der Waals surface area contributed by atoms with Crippen LogP contribution in [0.4, 0.5) is 5.95 Å². The molecule has 3 heterocycles. The van der Waals surface area contributed by atoms with Crippen LogP contribution in [0.3, 0.4) is 0 Å². The first-order chi connectivity index (χ1) is 10.3. The third-order valence-electron chi connectivity index (χ3n) is 4.15. The summed E-state index contributed by atoms with van der Waals surface area (Å²) in [6.07, 6.45) is 0.186. The summed E-state index contributed by atoms with van der Waals surface area (Å²) >= 11 is 0. The van der Waals surface area contributed by atoms with E-state index in [0.29, 0.717) is 30.2 Å². The molecule has 0 amide bonds. The molecule has 0 radical (unpaired) electrons. The summed E-state index contributed by atoms with van der Waals surface area (Å²) in [6.45, 7) is 5.44. The normalized spacial score (nSPS) is 22.5. The Morgan fingerprint density at radius 2 is 1.59 bits per heavy atom. The lowest BCUT2D eigenvalue weighted by atomic mass is 10.2. The number of aryl methyl sites for hydroxylation is 2. The van der Waals surface area contributed by atoms with Crippen LogP contribution in [-0.4, -0.2) is 44.0 Å². The SMILES string of the molecule is CC1CN(c2nc3c(c(=O)n(C)c(=O)n3C)n2C)CC(C)O1. The van der Waals surface area contributed by atoms with Gasteiger partial charge in [0.2, 0.25) is 5.95 Å². The zero-order chi connectivity index (χ0) is 16.2. The first-order valence-electron chi connectivity index (χ1n) is 7.34. The highest BCUT2D eigenvalue weighted by Gasteiger charge is 2.27. The minimum absolute atomic E-state index is 0.0928. The van der Waals surface area contributed by atoms with Crippen molar-refractivity contribution in [2.24, 2.45) is 21.1 Å². The predicted molar refractivity (Wildman–Crippen MR) is 83.4 cm³/mol. The number of fused-ring (bicyclic) bond motifs is 1. The maximum Gasteiger partial charge on any atom is 0.332 e. The molecule has 120 valence electrons. The molecular weight excluding hydrogens is 286 g/mol. The van der Waals surface area contributed by atoms with Crippen LogP contribution in [0.15, 0.2) is 9.59 Å². The number of hydrogen-bond donors (Lipinski definition) is 0. The van der Waals surface area contributed by atoms with Crippen molar-refractivity contribution in [3.63, 3.8) is 0 Å². The standard InChI is InChI=1S/C14H21N5O3/c1-8-6-19(7-9(2)22-8)13-15-11-10(16(13)3)12(20)18(5)14(21)17(11)4/h8-9H,6-7H2,1-5H3. The zero-order valence-corrected chi connectivity index (χ0v) is 13.5. The van der Waals surface area contributed by atoms with Crippen LogP contribution in [-0.2, 0) is 25.9 Å². The minimum atomic E-state index is -0.370. The number of imidazole rings is 1. The third-order valence-corrected chi connectivity index (χ3v) is 4.15. The van der Waals surface area contributed by atoms with Crippen molar-refractivity contribution in [2.75, 3.05) is 18.0 Å². The molecule has 0 spiro atoms. The highest BCUT2D eigenvalue weighted by Crippen LogP contribution is 2.21. The van der Waals surface area contributed by atoms with E-state index in [1.807, 2.05) is 13.8 Å². The average Bonchev–Trinajstić information content (AvgIpc) is 2.79. The molecule has 22 heavy (non-hydrogen) atoms. The van der Waals surface area contributed by atoms with E-state index in [4.69, 9.17) is 4.74 Å². The Morgan fingerprint density at radius 1 is 1.00 bits per heavy atom. The van der Waals surface area contributed by atoms with E-state index >= 15 is 0 Å². The Balaban J connectivity index is 2.23. The van der Waals surface area contributed by atoms with Crippen molar-refractivity contribution in [3.8, 4) is 0 Å². The van der Waals surface area contributed by atoms with Crippen LogP contribution in [0.5, 0.6) is 0 Å². The lowest BCUT2D eigenvalue weighted by Gasteiger charge is -2.35. The smallest absolute Gasteiger partial charge is 0.332 e. The molecule has 0 aliphatic carbocycles. The van der Waals surface area contributed by atoms with Crippen LogP contribution in [0.25, 0.3) is 11.2 Å². The Morgan fingerprint density at radius 3 is 2.18 bits per heavy atom. The van der Waals surface area contributed by atoms with Gasteiger partial charge in [-0.1, -0.05) is 0 Å². The van der Waals surface area contributed by atoms with Gasteiger partial charge in [-0.2, -0.15) is 4.98 Å². The molecular formula is C14H21N5O3. The first kappa shape index (κ1) is 14.8. The summed E-state index contributed by atoms with van der Waals surface area (Å²) in [7, 11) is 4.92. The number of morpholine rings is 1. The van der Waals surface area contributed by atoms with Gasteiger partial charge in [0.05, 0.1) is 12.2 Å². The van der Waals surface area contributed by atoms with Gasteiger partial charge < -0.3 is 14.2 Å². The fraction of sp³-hybridized carbons (Fsp3) is 0.643. The molecule has 8 heteroatoms. The lowest BCUT2D eigenvalue weighted by Crippen LogP contribution is -2.46. The van der Waals surface area contributed by atoms with E-state index < -0.39 is 0 Å². The van der Waals surface area contributed by atoms with Gasteiger partial charge in [0, 0.05) is 34.2 Å². The Hall–Kier alpha value is -2.09. The molecule has 0 bridgehead atoms. The van der Waals surface area contributed by atoms with Gasteiger partial charge in [0.1, 0.15) is 0 Å². The quantitative estimate of drug-likeness (QED) is 0.716. The number of aromatic nitrogens is 4. The van der Waals surface area contributed by atoms with Gasteiger partial charge in [-0.15, -0.1) is 0 Å². The second-order valence-corrected chi connectivity index (χ2v) is 6.01. The van der Waals surface area contributed by atoms with E-state index in [-0.39, 0.29) is 23.5 Å². The highest BCUT2D eigenvalue weighted by molar-refractivity contribution is 5.74. The largest absolute Gasteiger partial charge is 0.372 e. The van der Waals surface area contributed by atoms with Crippen molar-refractivity contribution in [3.05, 3.63) is 20.8 Å². The Labute approximate surface area is 127 Å². The van der Waals surface area contributed by atoms with E-state index in [1.54, 1.807) is 18.7 Å².